The number of halogens is 1. The highest BCUT2D eigenvalue weighted by molar-refractivity contribution is 9.10. The minimum absolute atomic E-state index is 0.0293. The van der Waals surface area contributed by atoms with E-state index in [2.05, 4.69) is 34.1 Å². The number of carbonyl (C=O) groups is 1. The van der Waals surface area contributed by atoms with E-state index in [1.54, 1.807) is 28.9 Å². The average Bonchev–Trinajstić information content (AvgIpc) is 2.35. The number of nitrogens with zero attached hydrogens (tertiary/aromatic N) is 2. The van der Waals surface area contributed by atoms with Crippen LogP contribution >= 0.6 is 27.7 Å². The lowest BCUT2D eigenvalue weighted by Crippen LogP contribution is -2.38. The third-order valence-electron chi connectivity index (χ3n) is 2.66. The van der Waals surface area contributed by atoms with Crippen molar-refractivity contribution in [2.75, 3.05) is 19.1 Å². The van der Waals surface area contributed by atoms with E-state index in [4.69, 9.17) is 0 Å². The van der Waals surface area contributed by atoms with Gasteiger partial charge in [-0.1, -0.05) is 6.92 Å². The van der Waals surface area contributed by atoms with Crippen molar-refractivity contribution in [3.8, 4) is 0 Å². The van der Waals surface area contributed by atoms with E-state index in [0.717, 1.165) is 16.6 Å². The molecule has 1 amide bonds. The summed E-state index contributed by atoms with van der Waals surface area (Å²) in [6.07, 6.45) is 4.65. The van der Waals surface area contributed by atoms with Crippen LogP contribution in [0, 0.1) is 0 Å². The van der Waals surface area contributed by atoms with E-state index in [0.29, 0.717) is 5.69 Å². The molecule has 1 rings (SSSR count). The highest BCUT2D eigenvalue weighted by Gasteiger charge is 2.21. The van der Waals surface area contributed by atoms with Crippen molar-refractivity contribution in [2.45, 2.75) is 19.4 Å². The zero-order valence-electron chi connectivity index (χ0n) is 10.3. The summed E-state index contributed by atoms with van der Waals surface area (Å²) >= 11 is 5.11. The summed E-state index contributed by atoms with van der Waals surface area (Å²) < 4.78 is 0.746. The van der Waals surface area contributed by atoms with Crippen LogP contribution in [0.2, 0.25) is 0 Å². The SMILES string of the molecule is CCC(CSC)N(C)C(=O)c1ncccc1Br. The van der Waals surface area contributed by atoms with Gasteiger partial charge < -0.3 is 4.90 Å². The molecular weight excluding hydrogens is 300 g/mol. The van der Waals surface area contributed by atoms with Crippen molar-refractivity contribution >= 4 is 33.6 Å². The lowest BCUT2D eigenvalue weighted by molar-refractivity contribution is 0.0736. The highest BCUT2D eigenvalue weighted by Crippen LogP contribution is 2.17. The molecule has 0 fully saturated rings. The van der Waals surface area contributed by atoms with Gasteiger partial charge in [-0.3, -0.25) is 4.79 Å². The van der Waals surface area contributed by atoms with Gasteiger partial charge in [0, 0.05) is 29.5 Å². The molecule has 0 spiro atoms. The van der Waals surface area contributed by atoms with Crippen molar-refractivity contribution in [1.29, 1.82) is 0 Å². The smallest absolute Gasteiger partial charge is 0.273 e. The molecule has 1 atom stereocenters. The van der Waals surface area contributed by atoms with Crippen LogP contribution in [-0.2, 0) is 0 Å². The van der Waals surface area contributed by atoms with E-state index in [1.165, 1.54) is 0 Å². The summed E-state index contributed by atoms with van der Waals surface area (Å²) in [4.78, 5) is 18.2. The van der Waals surface area contributed by atoms with Crippen molar-refractivity contribution in [3.63, 3.8) is 0 Å². The topological polar surface area (TPSA) is 33.2 Å². The van der Waals surface area contributed by atoms with E-state index in [9.17, 15) is 4.79 Å². The summed E-state index contributed by atoms with van der Waals surface area (Å²) in [7, 11) is 1.84. The Morgan fingerprint density at radius 3 is 2.88 bits per heavy atom. The van der Waals surface area contributed by atoms with Gasteiger partial charge in [-0.25, -0.2) is 4.98 Å². The maximum Gasteiger partial charge on any atom is 0.273 e. The van der Waals surface area contributed by atoms with Crippen molar-refractivity contribution in [1.82, 2.24) is 9.88 Å². The molecule has 0 aromatic carbocycles. The molecule has 0 saturated carbocycles. The molecular formula is C12H17BrN2OS. The van der Waals surface area contributed by atoms with Crippen LogP contribution in [0.1, 0.15) is 23.8 Å². The van der Waals surface area contributed by atoms with Crippen molar-refractivity contribution in [3.05, 3.63) is 28.5 Å². The monoisotopic (exact) mass is 316 g/mol. The Bertz CT molecular complexity index is 387. The van der Waals surface area contributed by atoms with Crippen LogP contribution < -0.4 is 0 Å². The van der Waals surface area contributed by atoms with Crippen LogP contribution in [0.3, 0.4) is 0 Å². The second-order valence-electron chi connectivity index (χ2n) is 3.77. The van der Waals surface area contributed by atoms with Gasteiger partial charge >= 0.3 is 0 Å². The zero-order valence-corrected chi connectivity index (χ0v) is 12.7. The Morgan fingerprint density at radius 2 is 2.35 bits per heavy atom. The minimum atomic E-state index is -0.0293. The maximum atomic E-state index is 12.3. The molecule has 5 heteroatoms. The van der Waals surface area contributed by atoms with Gasteiger partial charge in [0.1, 0.15) is 5.69 Å². The fourth-order valence-electron chi connectivity index (χ4n) is 1.57. The third kappa shape index (κ3) is 3.71. The Balaban J connectivity index is 2.85. The van der Waals surface area contributed by atoms with Crippen LogP contribution in [0.5, 0.6) is 0 Å². The van der Waals surface area contributed by atoms with E-state index >= 15 is 0 Å². The first-order valence-corrected chi connectivity index (χ1v) is 7.67. The van der Waals surface area contributed by atoms with Crippen LogP contribution in [0.4, 0.5) is 0 Å². The Morgan fingerprint density at radius 1 is 1.65 bits per heavy atom. The summed E-state index contributed by atoms with van der Waals surface area (Å²) in [5, 5.41) is 0. The predicted octanol–water partition coefficient (Wildman–Crippen LogP) is 3.06. The summed E-state index contributed by atoms with van der Waals surface area (Å²) in [6.45, 7) is 2.10. The molecule has 0 aliphatic heterocycles. The van der Waals surface area contributed by atoms with Gasteiger partial charge in [0.25, 0.3) is 5.91 Å². The van der Waals surface area contributed by atoms with Gasteiger partial charge in [-0.2, -0.15) is 11.8 Å². The number of aromatic nitrogens is 1. The average molecular weight is 317 g/mol. The molecule has 0 saturated heterocycles. The molecule has 0 aliphatic carbocycles. The first kappa shape index (κ1) is 14.5. The van der Waals surface area contributed by atoms with Crippen LogP contribution in [0.15, 0.2) is 22.8 Å². The second kappa shape index (κ2) is 7.01. The highest BCUT2D eigenvalue weighted by atomic mass is 79.9. The molecule has 0 bridgehead atoms. The van der Waals surface area contributed by atoms with E-state index < -0.39 is 0 Å². The minimum Gasteiger partial charge on any atom is -0.337 e. The summed E-state index contributed by atoms with van der Waals surface area (Å²) in [5.74, 6) is 0.918. The number of thioether (sulfide) groups is 1. The Labute approximate surface area is 115 Å². The van der Waals surface area contributed by atoms with E-state index in [-0.39, 0.29) is 11.9 Å². The second-order valence-corrected chi connectivity index (χ2v) is 5.53. The van der Waals surface area contributed by atoms with Gasteiger partial charge in [0.2, 0.25) is 0 Å². The molecule has 1 unspecified atom stereocenters. The molecule has 17 heavy (non-hydrogen) atoms. The van der Waals surface area contributed by atoms with Gasteiger partial charge in [-0.05, 0) is 40.7 Å². The number of pyridine rings is 1. The molecule has 94 valence electrons. The van der Waals surface area contributed by atoms with Crippen molar-refractivity contribution in [2.24, 2.45) is 0 Å². The zero-order chi connectivity index (χ0) is 12.8. The Hall–Kier alpha value is -0.550. The number of carbonyl (C=O) groups excluding carboxylic acids is 1. The standard InChI is InChI=1S/C12H17BrN2OS/c1-4-9(8-17-3)15(2)12(16)11-10(13)6-5-7-14-11/h5-7,9H,4,8H2,1-3H3. The lowest BCUT2D eigenvalue weighted by Gasteiger charge is -2.26. The largest absolute Gasteiger partial charge is 0.337 e. The summed E-state index contributed by atoms with van der Waals surface area (Å²) in [5.41, 5.74) is 0.481. The third-order valence-corrected chi connectivity index (χ3v) is 4.02. The molecule has 1 aromatic heterocycles. The van der Waals surface area contributed by atoms with E-state index in [1.807, 2.05) is 13.1 Å². The molecule has 0 aliphatic rings. The fraction of sp³-hybridized carbons (Fsp3) is 0.500. The first-order chi connectivity index (χ1) is 8.11. The number of amides is 1. The number of hydrogen-bond donors (Lipinski definition) is 0. The lowest BCUT2D eigenvalue weighted by atomic mass is 10.2. The number of rotatable bonds is 5. The molecule has 0 N–H and O–H groups in total. The normalized spacial score (nSPS) is 12.2. The van der Waals surface area contributed by atoms with Gasteiger partial charge in [0.15, 0.2) is 0 Å². The first-order valence-electron chi connectivity index (χ1n) is 5.48. The molecule has 1 aromatic rings. The van der Waals surface area contributed by atoms with Crippen molar-refractivity contribution < 1.29 is 4.79 Å². The number of hydrogen-bond acceptors (Lipinski definition) is 3. The van der Waals surface area contributed by atoms with Crippen LogP contribution in [0.25, 0.3) is 0 Å². The molecule has 0 radical (unpaired) electrons. The van der Waals surface area contributed by atoms with Gasteiger partial charge in [-0.15, -0.1) is 0 Å². The maximum absolute atomic E-state index is 12.3. The quantitative estimate of drug-likeness (QED) is 0.837. The Kier molecular flexibility index (Phi) is 5.98. The molecule has 1 heterocycles. The predicted molar refractivity (Wildman–Crippen MR) is 76.5 cm³/mol. The van der Waals surface area contributed by atoms with Gasteiger partial charge in [0.05, 0.1) is 0 Å². The van der Waals surface area contributed by atoms with Crippen LogP contribution in [-0.4, -0.2) is 40.9 Å². The fourth-order valence-corrected chi connectivity index (χ4v) is 2.84. The summed E-state index contributed by atoms with van der Waals surface area (Å²) in [6, 6.07) is 3.90. The molecule has 3 nitrogen and oxygen atoms in total.